The molecule has 0 aromatic carbocycles. The molecule has 1 unspecified atom stereocenters. The number of hydrogen-bond acceptors (Lipinski definition) is 5. The number of nitrogens with one attached hydrogen (secondary N) is 2. The van der Waals surface area contributed by atoms with E-state index in [2.05, 4.69) is 10.1 Å². The lowest BCUT2D eigenvalue weighted by Crippen LogP contribution is -2.46. The van der Waals surface area contributed by atoms with E-state index in [0.29, 0.717) is 6.54 Å². The Balaban J connectivity index is 4.37. The summed E-state index contributed by atoms with van der Waals surface area (Å²) >= 11 is 0. The summed E-state index contributed by atoms with van der Waals surface area (Å²) < 4.78 is 29.6. The number of esters is 1. The van der Waals surface area contributed by atoms with Gasteiger partial charge >= 0.3 is 12.0 Å². The Hall–Kier alpha value is -1.31. The molecule has 0 bridgehead atoms. The lowest BCUT2D eigenvalue weighted by atomic mass is 10.3. The number of sulfonamides is 1. The van der Waals surface area contributed by atoms with Crippen LogP contribution in [0.3, 0.4) is 0 Å². The SMILES string of the molecule is CCCCNC(=O)NS(=O)(=O)C(C)C(=O)OCC. The first-order chi connectivity index (χ1) is 8.35. The number of carbonyl (C=O) groups is 2. The molecule has 1 atom stereocenters. The van der Waals surface area contributed by atoms with Crippen LogP contribution in [0, 0.1) is 0 Å². The van der Waals surface area contributed by atoms with Crippen molar-refractivity contribution in [3.63, 3.8) is 0 Å². The maximum atomic E-state index is 11.6. The average Bonchev–Trinajstić information content (AvgIpc) is 2.28. The van der Waals surface area contributed by atoms with Gasteiger partial charge in [0.1, 0.15) is 0 Å². The quantitative estimate of drug-likeness (QED) is 0.518. The summed E-state index contributed by atoms with van der Waals surface area (Å²) in [5.74, 6) is -0.883. The first kappa shape index (κ1) is 16.7. The normalized spacial score (nSPS) is 12.6. The minimum Gasteiger partial charge on any atom is -0.465 e. The third kappa shape index (κ3) is 5.85. The van der Waals surface area contributed by atoms with Gasteiger partial charge in [-0.1, -0.05) is 13.3 Å². The molecule has 0 radical (unpaired) electrons. The Labute approximate surface area is 107 Å². The highest BCUT2D eigenvalue weighted by Crippen LogP contribution is 2.01. The summed E-state index contributed by atoms with van der Waals surface area (Å²) in [6.07, 6.45) is 1.63. The third-order valence-electron chi connectivity index (χ3n) is 2.13. The first-order valence-corrected chi connectivity index (χ1v) is 7.35. The van der Waals surface area contributed by atoms with Crippen molar-refractivity contribution in [1.82, 2.24) is 10.0 Å². The third-order valence-corrected chi connectivity index (χ3v) is 3.73. The van der Waals surface area contributed by atoms with Crippen LogP contribution in [0.4, 0.5) is 4.79 Å². The molecule has 2 N–H and O–H groups in total. The van der Waals surface area contributed by atoms with Crippen LogP contribution in [0.25, 0.3) is 0 Å². The smallest absolute Gasteiger partial charge is 0.328 e. The van der Waals surface area contributed by atoms with E-state index in [4.69, 9.17) is 0 Å². The molecular weight excluding hydrogens is 260 g/mol. The highest BCUT2D eigenvalue weighted by molar-refractivity contribution is 7.91. The number of ether oxygens (including phenoxy) is 1. The minimum atomic E-state index is -4.05. The van der Waals surface area contributed by atoms with Crippen LogP contribution in [-0.2, 0) is 19.6 Å². The number of carbonyl (C=O) groups excluding carboxylic acids is 2. The fourth-order valence-electron chi connectivity index (χ4n) is 1.02. The van der Waals surface area contributed by atoms with Gasteiger partial charge in [-0.25, -0.2) is 17.9 Å². The van der Waals surface area contributed by atoms with Crippen molar-refractivity contribution in [2.45, 2.75) is 38.9 Å². The summed E-state index contributed by atoms with van der Waals surface area (Å²) in [6, 6.07) is -0.834. The second-order valence-electron chi connectivity index (χ2n) is 3.65. The van der Waals surface area contributed by atoms with Gasteiger partial charge in [0.2, 0.25) is 10.0 Å². The zero-order chi connectivity index (χ0) is 14.2. The molecule has 0 fully saturated rings. The second kappa shape index (κ2) is 7.91. The fourth-order valence-corrected chi connectivity index (χ4v) is 1.85. The second-order valence-corrected chi connectivity index (χ2v) is 5.65. The van der Waals surface area contributed by atoms with Gasteiger partial charge in [-0.15, -0.1) is 0 Å². The summed E-state index contributed by atoms with van der Waals surface area (Å²) in [5.41, 5.74) is 0. The predicted molar refractivity (Wildman–Crippen MR) is 66.5 cm³/mol. The van der Waals surface area contributed by atoms with E-state index >= 15 is 0 Å². The molecule has 7 nitrogen and oxygen atoms in total. The van der Waals surface area contributed by atoms with Crippen LogP contribution < -0.4 is 10.0 Å². The zero-order valence-electron chi connectivity index (χ0n) is 10.9. The minimum absolute atomic E-state index is 0.0847. The monoisotopic (exact) mass is 280 g/mol. The highest BCUT2D eigenvalue weighted by atomic mass is 32.2. The Kier molecular flexibility index (Phi) is 7.33. The molecule has 0 aromatic heterocycles. The van der Waals surface area contributed by atoms with Crippen LogP contribution >= 0.6 is 0 Å². The molecule has 2 amide bonds. The Morgan fingerprint density at radius 1 is 1.28 bits per heavy atom. The molecule has 0 saturated carbocycles. The van der Waals surface area contributed by atoms with Gasteiger partial charge in [-0.2, -0.15) is 0 Å². The van der Waals surface area contributed by atoms with Crippen molar-refractivity contribution in [2.24, 2.45) is 0 Å². The van der Waals surface area contributed by atoms with Crippen molar-refractivity contribution < 1.29 is 22.7 Å². The van der Waals surface area contributed by atoms with E-state index < -0.39 is 27.3 Å². The number of rotatable bonds is 7. The molecule has 0 rings (SSSR count). The van der Waals surface area contributed by atoms with Crippen LogP contribution in [-0.4, -0.2) is 38.8 Å². The molecule has 106 valence electrons. The van der Waals surface area contributed by atoms with Crippen molar-refractivity contribution in [2.75, 3.05) is 13.2 Å². The maximum Gasteiger partial charge on any atom is 0.328 e. The van der Waals surface area contributed by atoms with Crippen molar-refractivity contribution >= 4 is 22.0 Å². The average molecular weight is 280 g/mol. The number of unbranched alkanes of at least 4 members (excludes halogenated alkanes) is 1. The maximum absolute atomic E-state index is 11.6. The number of amides is 2. The number of urea groups is 1. The van der Waals surface area contributed by atoms with Crippen molar-refractivity contribution in [3.8, 4) is 0 Å². The van der Waals surface area contributed by atoms with E-state index in [1.54, 1.807) is 11.6 Å². The molecule has 0 aromatic rings. The summed E-state index contributed by atoms with van der Waals surface area (Å²) in [7, 11) is -4.05. The van der Waals surface area contributed by atoms with Crippen LogP contribution in [0.2, 0.25) is 0 Å². The van der Waals surface area contributed by atoms with Gasteiger partial charge in [0, 0.05) is 6.54 Å². The van der Waals surface area contributed by atoms with Gasteiger partial charge in [0.15, 0.2) is 5.25 Å². The summed E-state index contributed by atoms with van der Waals surface area (Å²) in [6.45, 7) is 5.15. The van der Waals surface area contributed by atoms with Crippen LogP contribution in [0.1, 0.15) is 33.6 Å². The zero-order valence-corrected chi connectivity index (χ0v) is 11.7. The molecule has 18 heavy (non-hydrogen) atoms. The lowest BCUT2D eigenvalue weighted by Gasteiger charge is -2.13. The van der Waals surface area contributed by atoms with Gasteiger partial charge < -0.3 is 10.1 Å². The van der Waals surface area contributed by atoms with Gasteiger partial charge in [0.25, 0.3) is 0 Å². The van der Waals surface area contributed by atoms with E-state index in [1.807, 2.05) is 6.92 Å². The van der Waals surface area contributed by atoms with E-state index in [-0.39, 0.29) is 6.61 Å². The number of hydrogen-bond donors (Lipinski definition) is 2. The summed E-state index contributed by atoms with van der Waals surface area (Å²) in [4.78, 5) is 22.5. The van der Waals surface area contributed by atoms with Gasteiger partial charge in [-0.3, -0.25) is 4.79 Å². The van der Waals surface area contributed by atoms with E-state index in [1.165, 1.54) is 6.92 Å². The topological polar surface area (TPSA) is 102 Å². The lowest BCUT2D eigenvalue weighted by molar-refractivity contribution is -0.142. The Morgan fingerprint density at radius 3 is 2.39 bits per heavy atom. The van der Waals surface area contributed by atoms with Crippen molar-refractivity contribution in [1.29, 1.82) is 0 Å². The van der Waals surface area contributed by atoms with Crippen molar-refractivity contribution in [3.05, 3.63) is 0 Å². The predicted octanol–water partition coefficient (Wildman–Crippen LogP) is 0.367. The van der Waals surface area contributed by atoms with Crippen LogP contribution in [0.5, 0.6) is 0 Å². The fraction of sp³-hybridized carbons (Fsp3) is 0.800. The molecule has 0 heterocycles. The summed E-state index contributed by atoms with van der Waals surface area (Å²) in [5, 5.41) is 0.962. The first-order valence-electron chi connectivity index (χ1n) is 5.81. The molecular formula is C10H20N2O5S. The van der Waals surface area contributed by atoms with E-state index in [0.717, 1.165) is 12.8 Å². The molecule has 8 heteroatoms. The largest absolute Gasteiger partial charge is 0.465 e. The molecule has 0 saturated heterocycles. The standard InChI is InChI=1S/C10H20N2O5S/c1-4-6-7-11-10(14)12-18(15,16)8(3)9(13)17-5-2/h8H,4-7H2,1-3H3,(H2,11,12,14). The van der Waals surface area contributed by atoms with Gasteiger partial charge in [-0.05, 0) is 20.3 Å². The molecule has 0 aliphatic heterocycles. The molecule has 0 aliphatic carbocycles. The van der Waals surface area contributed by atoms with Crippen LogP contribution in [0.15, 0.2) is 0 Å². The highest BCUT2D eigenvalue weighted by Gasteiger charge is 2.30. The molecule has 0 aliphatic rings. The Morgan fingerprint density at radius 2 is 1.89 bits per heavy atom. The Bertz CT molecular complexity index is 380. The van der Waals surface area contributed by atoms with E-state index in [9.17, 15) is 18.0 Å². The van der Waals surface area contributed by atoms with Gasteiger partial charge in [0.05, 0.1) is 6.61 Å². The molecule has 0 spiro atoms.